The first kappa shape index (κ1) is 19.7. The standard InChI is InChI=1S/C21H23FN2O4/c1-15-13-18(27-2)7-8-19(15)21(26)28-14-20(25)24-11-9-23(10-12-24)17-5-3-16(22)4-6-17/h3-8,13H,9-12,14H2,1-2H3. The van der Waals surface area contributed by atoms with Gasteiger partial charge in [0, 0.05) is 31.9 Å². The summed E-state index contributed by atoms with van der Waals surface area (Å²) in [4.78, 5) is 28.4. The van der Waals surface area contributed by atoms with Crippen molar-refractivity contribution in [2.75, 3.05) is 44.8 Å². The predicted octanol–water partition coefficient (Wildman–Crippen LogP) is 2.65. The lowest BCUT2D eigenvalue weighted by Crippen LogP contribution is -2.49. The average Bonchev–Trinajstić information content (AvgIpc) is 2.72. The first-order chi connectivity index (χ1) is 13.5. The molecule has 1 heterocycles. The maximum atomic E-state index is 13.0. The van der Waals surface area contributed by atoms with E-state index < -0.39 is 5.97 Å². The third-order valence-electron chi connectivity index (χ3n) is 4.80. The summed E-state index contributed by atoms with van der Waals surface area (Å²) in [5.41, 5.74) is 2.06. The third kappa shape index (κ3) is 4.60. The lowest BCUT2D eigenvalue weighted by molar-refractivity contribution is -0.134. The van der Waals surface area contributed by atoms with E-state index in [9.17, 15) is 14.0 Å². The second-order valence-electron chi connectivity index (χ2n) is 6.60. The van der Waals surface area contributed by atoms with Gasteiger partial charge in [0.15, 0.2) is 6.61 Å². The van der Waals surface area contributed by atoms with Crippen molar-refractivity contribution in [1.82, 2.24) is 4.90 Å². The predicted molar refractivity (Wildman–Crippen MR) is 103 cm³/mol. The zero-order valence-electron chi connectivity index (χ0n) is 16.0. The molecule has 0 N–H and O–H groups in total. The number of carbonyl (C=O) groups excluding carboxylic acids is 2. The summed E-state index contributed by atoms with van der Waals surface area (Å²) in [5.74, 6) is -0.368. The van der Waals surface area contributed by atoms with Crippen LogP contribution in [-0.4, -0.2) is 56.7 Å². The Hall–Kier alpha value is -3.09. The summed E-state index contributed by atoms with van der Waals surface area (Å²) in [7, 11) is 1.56. The van der Waals surface area contributed by atoms with Crippen LogP contribution < -0.4 is 9.64 Å². The van der Waals surface area contributed by atoms with E-state index in [4.69, 9.17) is 9.47 Å². The van der Waals surface area contributed by atoms with Gasteiger partial charge in [0.05, 0.1) is 12.7 Å². The summed E-state index contributed by atoms with van der Waals surface area (Å²) < 4.78 is 23.4. The van der Waals surface area contributed by atoms with Crippen LogP contribution in [0.15, 0.2) is 42.5 Å². The van der Waals surface area contributed by atoms with Gasteiger partial charge in [-0.15, -0.1) is 0 Å². The molecule has 0 unspecified atom stereocenters. The van der Waals surface area contributed by atoms with Crippen molar-refractivity contribution in [1.29, 1.82) is 0 Å². The zero-order chi connectivity index (χ0) is 20.1. The summed E-state index contributed by atoms with van der Waals surface area (Å²) >= 11 is 0. The van der Waals surface area contributed by atoms with E-state index >= 15 is 0 Å². The summed E-state index contributed by atoms with van der Waals surface area (Å²) in [6, 6.07) is 11.4. The third-order valence-corrected chi connectivity index (χ3v) is 4.80. The number of esters is 1. The van der Waals surface area contributed by atoms with Crippen LogP contribution in [0.2, 0.25) is 0 Å². The van der Waals surface area contributed by atoms with Crippen molar-refractivity contribution in [3.8, 4) is 5.75 Å². The fraction of sp³-hybridized carbons (Fsp3) is 0.333. The second-order valence-corrected chi connectivity index (χ2v) is 6.60. The molecule has 2 aromatic carbocycles. The Morgan fingerprint density at radius 3 is 2.32 bits per heavy atom. The minimum absolute atomic E-state index is 0.224. The molecule has 0 atom stereocenters. The molecular formula is C21H23FN2O4. The average molecular weight is 386 g/mol. The van der Waals surface area contributed by atoms with E-state index in [-0.39, 0.29) is 18.3 Å². The number of rotatable bonds is 5. The number of aryl methyl sites for hydroxylation is 1. The van der Waals surface area contributed by atoms with Gasteiger partial charge in [0.2, 0.25) is 0 Å². The number of hydrogen-bond donors (Lipinski definition) is 0. The van der Waals surface area contributed by atoms with E-state index in [1.165, 1.54) is 12.1 Å². The van der Waals surface area contributed by atoms with Gasteiger partial charge < -0.3 is 19.3 Å². The van der Waals surface area contributed by atoms with Gasteiger partial charge >= 0.3 is 5.97 Å². The van der Waals surface area contributed by atoms with Crippen molar-refractivity contribution < 1.29 is 23.5 Å². The number of hydrogen-bond acceptors (Lipinski definition) is 5. The Kier molecular flexibility index (Phi) is 6.13. The first-order valence-electron chi connectivity index (χ1n) is 9.08. The largest absolute Gasteiger partial charge is 0.497 e. The maximum Gasteiger partial charge on any atom is 0.338 e. The fourth-order valence-electron chi connectivity index (χ4n) is 3.15. The second kappa shape index (κ2) is 8.73. The van der Waals surface area contributed by atoms with Crippen molar-refractivity contribution >= 4 is 17.6 Å². The highest BCUT2D eigenvalue weighted by Crippen LogP contribution is 2.19. The van der Waals surface area contributed by atoms with E-state index in [1.807, 2.05) is 0 Å². The Morgan fingerprint density at radius 2 is 1.71 bits per heavy atom. The van der Waals surface area contributed by atoms with E-state index in [0.717, 1.165) is 11.3 Å². The number of benzene rings is 2. The van der Waals surface area contributed by atoms with Crippen molar-refractivity contribution in [2.45, 2.75) is 6.92 Å². The minimum atomic E-state index is -0.529. The highest BCUT2D eigenvalue weighted by Gasteiger charge is 2.23. The summed E-state index contributed by atoms with van der Waals surface area (Å²) in [6.07, 6.45) is 0. The number of methoxy groups -OCH3 is 1. The number of halogens is 1. The Balaban J connectivity index is 1.49. The minimum Gasteiger partial charge on any atom is -0.497 e. The normalized spacial score (nSPS) is 14.0. The van der Waals surface area contributed by atoms with Gasteiger partial charge in [-0.25, -0.2) is 9.18 Å². The summed E-state index contributed by atoms with van der Waals surface area (Å²) in [6.45, 7) is 3.83. The molecule has 0 aromatic heterocycles. The topological polar surface area (TPSA) is 59.1 Å². The molecule has 1 amide bonds. The van der Waals surface area contributed by atoms with Crippen LogP contribution in [0.1, 0.15) is 15.9 Å². The molecular weight excluding hydrogens is 363 g/mol. The van der Waals surface area contributed by atoms with Gasteiger partial charge in [-0.2, -0.15) is 0 Å². The zero-order valence-corrected chi connectivity index (χ0v) is 16.0. The molecule has 0 spiro atoms. The van der Waals surface area contributed by atoms with Gasteiger partial charge in [-0.1, -0.05) is 0 Å². The first-order valence-corrected chi connectivity index (χ1v) is 9.08. The number of anilines is 1. The van der Waals surface area contributed by atoms with Crippen LogP contribution in [-0.2, 0) is 9.53 Å². The van der Waals surface area contributed by atoms with Crippen LogP contribution in [0.4, 0.5) is 10.1 Å². The number of amides is 1. The maximum absolute atomic E-state index is 13.0. The molecule has 0 radical (unpaired) electrons. The molecule has 3 rings (SSSR count). The lowest BCUT2D eigenvalue weighted by Gasteiger charge is -2.36. The number of piperazine rings is 1. The number of ether oxygens (including phenoxy) is 2. The highest BCUT2D eigenvalue weighted by atomic mass is 19.1. The van der Waals surface area contributed by atoms with Crippen LogP contribution in [0.3, 0.4) is 0 Å². The van der Waals surface area contributed by atoms with Gasteiger partial charge in [0.25, 0.3) is 5.91 Å². The fourth-order valence-corrected chi connectivity index (χ4v) is 3.15. The lowest BCUT2D eigenvalue weighted by atomic mass is 10.1. The Morgan fingerprint density at radius 1 is 1.04 bits per heavy atom. The Bertz CT molecular complexity index is 846. The molecule has 1 aliphatic rings. The molecule has 7 heteroatoms. The Labute approximate surface area is 163 Å². The molecule has 1 saturated heterocycles. The molecule has 28 heavy (non-hydrogen) atoms. The van der Waals surface area contributed by atoms with E-state index in [2.05, 4.69) is 4.90 Å². The van der Waals surface area contributed by atoms with Crippen LogP contribution in [0.25, 0.3) is 0 Å². The monoisotopic (exact) mass is 386 g/mol. The van der Waals surface area contributed by atoms with Crippen LogP contribution in [0.5, 0.6) is 5.75 Å². The van der Waals surface area contributed by atoms with E-state index in [1.54, 1.807) is 49.3 Å². The number of carbonyl (C=O) groups is 2. The van der Waals surface area contributed by atoms with Crippen molar-refractivity contribution in [3.63, 3.8) is 0 Å². The van der Waals surface area contributed by atoms with Crippen LogP contribution in [0, 0.1) is 12.7 Å². The summed E-state index contributed by atoms with van der Waals surface area (Å²) in [5, 5.41) is 0. The smallest absolute Gasteiger partial charge is 0.338 e. The number of nitrogens with zero attached hydrogens (tertiary/aromatic N) is 2. The van der Waals surface area contributed by atoms with Gasteiger partial charge in [-0.3, -0.25) is 4.79 Å². The molecule has 148 valence electrons. The quantitative estimate of drug-likeness (QED) is 0.740. The SMILES string of the molecule is COc1ccc(C(=O)OCC(=O)N2CCN(c3ccc(F)cc3)CC2)c(C)c1. The van der Waals surface area contributed by atoms with Gasteiger partial charge in [-0.05, 0) is 55.0 Å². The molecule has 2 aromatic rings. The van der Waals surface area contributed by atoms with Crippen molar-refractivity contribution in [2.24, 2.45) is 0 Å². The molecule has 0 aliphatic carbocycles. The highest BCUT2D eigenvalue weighted by molar-refractivity contribution is 5.92. The molecule has 1 aliphatic heterocycles. The van der Waals surface area contributed by atoms with Gasteiger partial charge in [0.1, 0.15) is 11.6 Å². The van der Waals surface area contributed by atoms with Crippen LogP contribution >= 0.6 is 0 Å². The molecule has 0 saturated carbocycles. The molecule has 0 bridgehead atoms. The molecule has 6 nitrogen and oxygen atoms in total. The molecule has 1 fully saturated rings. The van der Waals surface area contributed by atoms with Crippen molar-refractivity contribution in [3.05, 3.63) is 59.4 Å². The van der Waals surface area contributed by atoms with E-state index in [0.29, 0.717) is 37.5 Å².